The van der Waals surface area contributed by atoms with Crippen LogP contribution in [-0.2, 0) is 14.6 Å². The molecule has 0 radical (unpaired) electrons. The molecular weight excluding hydrogens is 384 g/mol. The lowest BCUT2D eigenvalue weighted by Crippen LogP contribution is -2.52. The number of hydrogen-bond donors (Lipinski definition) is 1. The zero-order chi connectivity index (χ0) is 20.1. The van der Waals surface area contributed by atoms with Crippen LogP contribution < -0.4 is 4.74 Å². The van der Waals surface area contributed by atoms with Gasteiger partial charge in [0.05, 0.1) is 24.2 Å². The van der Waals surface area contributed by atoms with Crippen molar-refractivity contribution in [2.75, 3.05) is 57.9 Å². The molecule has 1 aromatic carbocycles. The molecule has 28 heavy (non-hydrogen) atoms. The van der Waals surface area contributed by atoms with E-state index in [0.29, 0.717) is 23.6 Å². The first-order valence-corrected chi connectivity index (χ1v) is 11.3. The highest BCUT2D eigenvalue weighted by atomic mass is 32.2. The van der Waals surface area contributed by atoms with Gasteiger partial charge in [0.15, 0.2) is 9.84 Å². The van der Waals surface area contributed by atoms with Crippen molar-refractivity contribution in [1.29, 1.82) is 0 Å². The number of aliphatic hydroxyl groups excluding tert-OH is 1. The number of nitrogens with zero attached hydrogens (tertiary/aromatic N) is 2. The first-order chi connectivity index (χ1) is 13.4. The number of esters is 1. The Morgan fingerprint density at radius 2 is 1.89 bits per heavy atom. The molecule has 0 spiro atoms. The maximum atomic E-state index is 11.6. The minimum atomic E-state index is -2.86. The van der Waals surface area contributed by atoms with E-state index in [1.807, 2.05) is 0 Å². The van der Waals surface area contributed by atoms with Crippen molar-refractivity contribution in [1.82, 2.24) is 9.80 Å². The summed E-state index contributed by atoms with van der Waals surface area (Å²) in [4.78, 5) is 15.8. The molecule has 2 unspecified atom stereocenters. The fourth-order valence-corrected chi connectivity index (χ4v) is 5.48. The Morgan fingerprint density at radius 3 is 2.46 bits per heavy atom. The van der Waals surface area contributed by atoms with E-state index in [2.05, 4.69) is 14.5 Å². The second-order valence-electron chi connectivity index (χ2n) is 7.37. The normalized spacial score (nSPS) is 24.0. The van der Waals surface area contributed by atoms with E-state index in [1.54, 1.807) is 24.3 Å². The highest BCUT2D eigenvalue weighted by molar-refractivity contribution is 7.91. The van der Waals surface area contributed by atoms with Crippen LogP contribution in [0.1, 0.15) is 16.8 Å². The summed E-state index contributed by atoms with van der Waals surface area (Å²) < 4.78 is 33.5. The van der Waals surface area contributed by atoms with Gasteiger partial charge in [0.25, 0.3) is 0 Å². The molecule has 1 aromatic rings. The molecule has 1 N–H and O–H groups in total. The number of methoxy groups -OCH3 is 1. The number of carbonyl (C=O) groups is 1. The van der Waals surface area contributed by atoms with E-state index in [1.165, 1.54) is 7.11 Å². The predicted molar refractivity (Wildman–Crippen MR) is 104 cm³/mol. The number of benzene rings is 1. The zero-order valence-electron chi connectivity index (χ0n) is 16.1. The molecule has 9 heteroatoms. The van der Waals surface area contributed by atoms with E-state index in [-0.39, 0.29) is 18.4 Å². The SMILES string of the molecule is COC(=O)c1ccc(OCC(O)CN2CCN(C3CCS(=O)(=O)C3)CC2)cc1. The standard InChI is InChI=1S/C19H28N2O6S/c1-26-19(23)15-2-4-18(5-3-15)27-13-17(22)12-20-7-9-21(10-8-20)16-6-11-28(24,25)14-16/h2-5,16-17,22H,6-14H2,1H3. The van der Waals surface area contributed by atoms with Crippen molar-refractivity contribution in [3.8, 4) is 5.75 Å². The lowest BCUT2D eigenvalue weighted by molar-refractivity contribution is 0.0389. The Labute approximate surface area is 165 Å². The number of rotatable bonds is 7. The Morgan fingerprint density at radius 1 is 1.21 bits per heavy atom. The molecule has 0 amide bonds. The van der Waals surface area contributed by atoms with Gasteiger partial charge in [-0.15, -0.1) is 0 Å². The molecule has 2 atom stereocenters. The summed E-state index contributed by atoms with van der Waals surface area (Å²) >= 11 is 0. The van der Waals surface area contributed by atoms with Crippen molar-refractivity contribution in [3.63, 3.8) is 0 Å². The summed E-state index contributed by atoms with van der Waals surface area (Å²) in [5.74, 6) is 0.757. The van der Waals surface area contributed by atoms with Crippen LogP contribution in [0, 0.1) is 0 Å². The van der Waals surface area contributed by atoms with E-state index in [4.69, 9.17) is 4.74 Å². The fourth-order valence-electron chi connectivity index (χ4n) is 3.72. The highest BCUT2D eigenvalue weighted by Gasteiger charge is 2.33. The van der Waals surface area contributed by atoms with Crippen molar-refractivity contribution in [3.05, 3.63) is 29.8 Å². The molecule has 2 heterocycles. The Bertz CT molecular complexity index is 759. The Balaban J connectivity index is 1.38. The molecule has 3 rings (SSSR count). The van der Waals surface area contributed by atoms with Crippen LogP contribution in [0.5, 0.6) is 5.75 Å². The Hall–Kier alpha value is -1.68. The van der Waals surface area contributed by atoms with E-state index >= 15 is 0 Å². The van der Waals surface area contributed by atoms with Crippen molar-refractivity contribution >= 4 is 15.8 Å². The molecule has 2 fully saturated rings. The van der Waals surface area contributed by atoms with Gasteiger partial charge in [0.1, 0.15) is 18.5 Å². The molecule has 0 aromatic heterocycles. The predicted octanol–water partition coefficient (Wildman–Crippen LogP) is 0.0176. The molecule has 0 saturated carbocycles. The van der Waals surface area contributed by atoms with Crippen molar-refractivity contribution in [2.45, 2.75) is 18.6 Å². The molecule has 8 nitrogen and oxygen atoms in total. The monoisotopic (exact) mass is 412 g/mol. The van der Waals surface area contributed by atoms with E-state index in [9.17, 15) is 18.3 Å². The van der Waals surface area contributed by atoms with E-state index in [0.717, 1.165) is 32.6 Å². The fraction of sp³-hybridized carbons (Fsp3) is 0.632. The van der Waals surface area contributed by atoms with Gasteiger partial charge >= 0.3 is 5.97 Å². The third-order valence-electron chi connectivity index (χ3n) is 5.32. The maximum Gasteiger partial charge on any atom is 0.337 e. The van der Waals surface area contributed by atoms with Gasteiger partial charge in [-0.2, -0.15) is 0 Å². The van der Waals surface area contributed by atoms with Crippen LogP contribution in [0.2, 0.25) is 0 Å². The van der Waals surface area contributed by atoms with Gasteiger partial charge in [0.2, 0.25) is 0 Å². The van der Waals surface area contributed by atoms with Crippen LogP contribution in [0.3, 0.4) is 0 Å². The van der Waals surface area contributed by atoms with Gasteiger partial charge in [-0.25, -0.2) is 13.2 Å². The largest absolute Gasteiger partial charge is 0.491 e. The topological polar surface area (TPSA) is 96.4 Å². The molecular formula is C19H28N2O6S. The molecule has 0 bridgehead atoms. The Kier molecular flexibility index (Phi) is 6.92. The summed E-state index contributed by atoms with van der Waals surface area (Å²) in [7, 11) is -1.53. The number of sulfone groups is 1. The minimum Gasteiger partial charge on any atom is -0.491 e. The van der Waals surface area contributed by atoms with Gasteiger partial charge in [0, 0.05) is 38.8 Å². The smallest absolute Gasteiger partial charge is 0.337 e. The highest BCUT2D eigenvalue weighted by Crippen LogP contribution is 2.19. The van der Waals surface area contributed by atoms with Crippen LogP contribution in [0.4, 0.5) is 0 Å². The summed E-state index contributed by atoms with van der Waals surface area (Å²) in [6.07, 6.45) is 0.104. The maximum absolute atomic E-state index is 11.6. The summed E-state index contributed by atoms with van der Waals surface area (Å²) in [5.41, 5.74) is 0.448. The number of ether oxygens (including phenoxy) is 2. The third-order valence-corrected chi connectivity index (χ3v) is 7.07. The van der Waals surface area contributed by atoms with Gasteiger partial charge < -0.3 is 14.6 Å². The van der Waals surface area contributed by atoms with Crippen LogP contribution >= 0.6 is 0 Å². The van der Waals surface area contributed by atoms with Gasteiger partial charge in [-0.1, -0.05) is 0 Å². The van der Waals surface area contributed by atoms with Crippen molar-refractivity contribution in [2.24, 2.45) is 0 Å². The van der Waals surface area contributed by atoms with Crippen LogP contribution in [-0.4, -0.2) is 99.4 Å². The molecule has 2 saturated heterocycles. The number of β-amino-alcohol motifs (C(OH)–C–C–N with tert-alkyl or cyclic N) is 1. The molecule has 2 aliphatic heterocycles. The number of carbonyl (C=O) groups excluding carboxylic acids is 1. The number of piperazine rings is 1. The zero-order valence-corrected chi connectivity index (χ0v) is 16.9. The first-order valence-electron chi connectivity index (χ1n) is 9.52. The molecule has 2 aliphatic rings. The summed E-state index contributed by atoms with van der Waals surface area (Å²) in [6, 6.07) is 6.74. The average molecular weight is 413 g/mol. The van der Waals surface area contributed by atoms with Gasteiger partial charge in [-0.3, -0.25) is 9.80 Å². The third kappa shape index (κ3) is 5.66. The second kappa shape index (κ2) is 9.21. The first kappa shape index (κ1) is 21.0. The van der Waals surface area contributed by atoms with E-state index < -0.39 is 21.9 Å². The van der Waals surface area contributed by atoms with Crippen LogP contribution in [0.25, 0.3) is 0 Å². The van der Waals surface area contributed by atoms with Crippen LogP contribution in [0.15, 0.2) is 24.3 Å². The lowest BCUT2D eigenvalue weighted by Gasteiger charge is -2.38. The van der Waals surface area contributed by atoms with Crippen molar-refractivity contribution < 1.29 is 27.8 Å². The number of hydrogen-bond acceptors (Lipinski definition) is 8. The summed E-state index contributed by atoms with van der Waals surface area (Å²) in [6.45, 7) is 3.93. The second-order valence-corrected chi connectivity index (χ2v) is 9.60. The lowest BCUT2D eigenvalue weighted by atomic mass is 10.2. The molecule has 0 aliphatic carbocycles. The molecule has 156 valence electrons. The summed E-state index contributed by atoms with van der Waals surface area (Å²) in [5, 5.41) is 10.3. The van der Waals surface area contributed by atoms with Gasteiger partial charge in [-0.05, 0) is 30.7 Å². The average Bonchev–Trinajstić information content (AvgIpc) is 3.06. The minimum absolute atomic E-state index is 0.147. The number of aliphatic hydroxyl groups is 1. The quantitative estimate of drug-likeness (QED) is 0.626.